The van der Waals surface area contributed by atoms with Crippen LogP contribution in [-0.2, 0) is 6.54 Å². The number of rotatable bonds is 6. The number of amides is 2. The van der Waals surface area contributed by atoms with E-state index < -0.39 is 0 Å². The molecule has 2 aromatic rings. The second-order valence-corrected chi connectivity index (χ2v) is 7.82. The van der Waals surface area contributed by atoms with Crippen LogP contribution in [0, 0.1) is 12.8 Å². The molecular formula is C23H30N2O. The number of nitrogens with one attached hydrogen (secondary N) is 1. The standard InChI is InChI=1S/C23H30N2O/c1-16(2)21-12-8-9-17(3)22(21)24-23(26)25(18(4)20-13-14-20)15-19-10-6-5-7-11-19/h5-12,16,18,20H,13-15H2,1-4H3,(H,24,26). The molecule has 1 unspecified atom stereocenters. The summed E-state index contributed by atoms with van der Waals surface area (Å²) in [5.41, 5.74) is 4.44. The molecule has 1 fully saturated rings. The van der Waals surface area contributed by atoms with Crippen LogP contribution in [0.15, 0.2) is 48.5 Å². The summed E-state index contributed by atoms with van der Waals surface area (Å²) in [6, 6.07) is 16.8. The first-order chi connectivity index (χ1) is 12.5. The molecule has 138 valence electrons. The Labute approximate surface area is 157 Å². The molecule has 1 aliphatic carbocycles. The van der Waals surface area contributed by atoms with Crippen molar-refractivity contribution in [3.8, 4) is 0 Å². The highest BCUT2D eigenvalue weighted by Gasteiger charge is 2.34. The number of hydrogen-bond acceptors (Lipinski definition) is 1. The van der Waals surface area contributed by atoms with Crippen molar-refractivity contribution in [2.75, 3.05) is 5.32 Å². The molecule has 0 aliphatic heterocycles. The maximum atomic E-state index is 13.2. The number of anilines is 1. The van der Waals surface area contributed by atoms with Crippen LogP contribution < -0.4 is 5.32 Å². The summed E-state index contributed by atoms with van der Waals surface area (Å²) in [4.78, 5) is 15.2. The molecule has 0 saturated heterocycles. The highest BCUT2D eigenvalue weighted by atomic mass is 16.2. The highest BCUT2D eigenvalue weighted by Crippen LogP contribution is 2.36. The van der Waals surface area contributed by atoms with Crippen molar-refractivity contribution in [1.29, 1.82) is 0 Å². The van der Waals surface area contributed by atoms with Crippen LogP contribution in [0.4, 0.5) is 10.5 Å². The van der Waals surface area contributed by atoms with E-state index in [0.29, 0.717) is 18.4 Å². The topological polar surface area (TPSA) is 32.3 Å². The minimum atomic E-state index is 0.00412. The van der Waals surface area contributed by atoms with Gasteiger partial charge in [0.15, 0.2) is 0 Å². The lowest BCUT2D eigenvalue weighted by molar-refractivity contribution is 0.180. The Hall–Kier alpha value is -2.29. The van der Waals surface area contributed by atoms with Crippen molar-refractivity contribution in [1.82, 2.24) is 4.90 Å². The molecule has 0 spiro atoms. The van der Waals surface area contributed by atoms with Gasteiger partial charge in [-0.25, -0.2) is 4.79 Å². The first-order valence-corrected chi connectivity index (χ1v) is 9.68. The average Bonchev–Trinajstić information content (AvgIpc) is 3.46. The second-order valence-electron chi connectivity index (χ2n) is 7.82. The fourth-order valence-electron chi connectivity index (χ4n) is 3.54. The molecular weight excluding hydrogens is 320 g/mol. The number of carbonyl (C=O) groups excluding carboxylic acids is 1. The number of hydrogen-bond donors (Lipinski definition) is 1. The summed E-state index contributed by atoms with van der Waals surface area (Å²) >= 11 is 0. The van der Waals surface area contributed by atoms with Crippen LogP contribution in [0.5, 0.6) is 0 Å². The third-order valence-electron chi connectivity index (χ3n) is 5.41. The van der Waals surface area contributed by atoms with Gasteiger partial charge in [-0.3, -0.25) is 0 Å². The van der Waals surface area contributed by atoms with Gasteiger partial charge in [-0.15, -0.1) is 0 Å². The summed E-state index contributed by atoms with van der Waals surface area (Å²) in [7, 11) is 0. The lowest BCUT2D eigenvalue weighted by Gasteiger charge is -2.30. The Morgan fingerprint density at radius 1 is 1.08 bits per heavy atom. The first-order valence-electron chi connectivity index (χ1n) is 9.68. The second kappa shape index (κ2) is 7.94. The first kappa shape index (κ1) is 18.5. The maximum Gasteiger partial charge on any atom is 0.322 e. The van der Waals surface area contributed by atoms with E-state index in [0.717, 1.165) is 11.3 Å². The zero-order chi connectivity index (χ0) is 18.7. The van der Waals surface area contributed by atoms with Gasteiger partial charge in [0, 0.05) is 18.3 Å². The van der Waals surface area contributed by atoms with Crippen molar-refractivity contribution in [2.24, 2.45) is 5.92 Å². The van der Waals surface area contributed by atoms with E-state index in [1.54, 1.807) is 0 Å². The Morgan fingerprint density at radius 3 is 2.38 bits per heavy atom. The summed E-state index contributed by atoms with van der Waals surface area (Å²) in [5.74, 6) is 1.000. The molecule has 1 atom stereocenters. The zero-order valence-electron chi connectivity index (χ0n) is 16.3. The predicted molar refractivity (Wildman–Crippen MR) is 108 cm³/mol. The van der Waals surface area contributed by atoms with Gasteiger partial charge in [-0.1, -0.05) is 62.4 Å². The molecule has 1 aliphatic rings. The van der Waals surface area contributed by atoms with Crippen LogP contribution in [0.1, 0.15) is 56.2 Å². The number of benzene rings is 2. The Morgan fingerprint density at radius 2 is 1.77 bits per heavy atom. The monoisotopic (exact) mass is 350 g/mol. The molecule has 0 aromatic heterocycles. The van der Waals surface area contributed by atoms with Gasteiger partial charge < -0.3 is 10.2 Å². The molecule has 0 heterocycles. The van der Waals surface area contributed by atoms with E-state index in [-0.39, 0.29) is 12.1 Å². The Bertz CT molecular complexity index is 750. The summed E-state index contributed by atoms with van der Waals surface area (Å²) in [6.45, 7) is 9.22. The van der Waals surface area contributed by atoms with Crippen molar-refractivity contribution in [2.45, 2.75) is 59.0 Å². The van der Waals surface area contributed by atoms with E-state index in [9.17, 15) is 4.79 Å². The quantitative estimate of drug-likeness (QED) is 0.686. The highest BCUT2D eigenvalue weighted by molar-refractivity contribution is 5.91. The number of para-hydroxylation sites is 1. The smallest absolute Gasteiger partial charge is 0.317 e. The van der Waals surface area contributed by atoms with Crippen LogP contribution in [0.2, 0.25) is 0 Å². The maximum absolute atomic E-state index is 13.2. The molecule has 0 radical (unpaired) electrons. The van der Waals surface area contributed by atoms with Crippen molar-refractivity contribution in [3.63, 3.8) is 0 Å². The molecule has 1 saturated carbocycles. The Balaban J connectivity index is 1.84. The zero-order valence-corrected chi connectivity index (χ0v) is 16.3. The van der Waals surface area contributed by atoms with Crippen LogP contribution in [0.25, 0.3) is 0 Å². The van der Waals surface area contributed by atoms with Crippen molar-refractivity contribution < 1.29 is 4.79 Å². The third-order valence-corrected chi connectivity index (χ3v) is 5.41. The van der Waals surface area contributed by atoms with Crippen molar-refractivity contribution >= 4 is 11.7 Å². The van der Waals surface area contributed by atoms with Crippen LogP contribution in [-0.4, -0.2) is 17.0 Å². The SMILES string of the molecule is Cc1cccc(C(C)C)c1NC(=O)N(Cc1ccccc1)C(C)C1CC1. The molecule has 2 amide bonds. The summed E-state index contributed by atoms with van der Waals surface area (Å²) < 4.78 is 0. The normalized spacial score (nSPS) is 15.0. The van der Waals surface area contributed by atoms with Gasteiger partial charge >= 0.3 is 6.03 Å². The number of carbonyl (C=O) groups is 1. The minimum Gasteiger partial charge on any atom is -0.317 e. The van der Waals surface area contributed by atoms with Gasteiger partial charge in [0.1, 0.15) is 0 Å². The van der Waals surface area contributed by atoms with E-state index >= 15 is 0 Å². The van der Waals surface area contributed by atoms with Crippen LogP contribution >= 0.6 is 0 Å². The van der Waals surface area contributed by atoms with E-state index in [1.807, 2.05) is 23.1 Å². The number of urea groups is 1. The number of nitrogens with zero attached hydrogens (tertiary/aromatic N) is 1. The molecule has 1 N–H and O–H groups in total. The molecule has 26 heavy (non-hydrogen) atoms. The lowest BCUT2D eigenvalue weighted by atomic mass is 9.98. The molecule has 0 bridgehead atoms. The summed E-state index contributed by atoms with van der Waals surface area (Å²) in [5, 5.41) is 3.23. The molecule has 3 nitrogen and oxygen atoms in total. The third kappa shape index (κ3) is 4.27. The van der Waals surface area contributed by atoms with Gasteiger partial charge in [0.25, 0.3) is 0 Å². The molecule has 2 aromatic carbocycles. The van der Waals surface area contributed by atoms with Gasteiger partial charge in [0.2, 0.25) is 0 Å². The summed E-state index contributed by atoms with van der Waals surface area (Å²) in [6.07, 6.45) is 2.45. The lowest BCUT2D eigenvalue weighted by Crippen LogP contribution is -2.42. The fraction of sp³-hybridized carbons (Fsp3) is 0.435. The molecule has 3 rings (SSSR count). The van der Waals surface area contributed by atoms with E-state index in [1.165, 1.54) is 24.0 Å². The van der Waals surface area contributed by atoms with Gasteiger partial charge in [-0.05, 0) is 55.2 Å². The van der Waals surface area contributed by atoms with Crippen LogP contribution in [0.3, 0.4) is 0 Å². The van der Waals surface area contributed by atoms with Crippen molar-refractivity contribution in [3.05, 3.63) is 65.2 Å². The van der Waals surface area contributed by atoms with E-state index in [2.05, 4.69) is 63.3 Å². The van der Waals surface area contributed by atoms with Gasteiger partial charge in [-0.2, -0.15) is 0 Å². The fourth-order valence-corrected chi connectivity index (χ4v) is 3.54. The average molecular weight is 351 g/mol. The molecule has 3 heteroatoms. The van der Waals surface area contributed by atoms with E-state index in [4.69, 9.17) is 0 Å². The largest absolute Gasteiger partial charge is 0.322 e. The Kier molecular flexibility index (Phi) is 5.65. The number of aryl methyl sites for hydroxylation is 1. The van der Waals surface area contributed by atoms with Gasteiger partial charge in [0.05, 0.1) is 0 Å². The minimum absolute atomic E-state index is 0.00412. The predicted octanol–water partition coefficient (Wildman–Crippen LogP) is 5.95.